The Morgan fingerprint density at radius 2 is 2.27 bits per heavy atom. The molecule has 82 valence electrons. The monoisotopic (exact) mass is 268 g/mol. The van der Waals surface area contributed by atoms with E-state index in [2.05, 4.69) is 51.8 Å². The molecule has 1 aromatic heterocycles. The quantitative estimate of drug-likeness (QED) is 0.767. The summed E-state index contributed by atoms with van der Waals surface area (Å²) in [6.07, 6.45) is 1.31. The summed E-state index contributed by atoms with van der Waals surface area (Å²) in [6.45, 7) is 6.83. The van der Waals surface area contributed by atoms with Crippen molar-refractivity contribution in [1.29, 1.82) is 0 Å². The lowest BCUT2D eigenvalue weighted by molar-refractivity contribution is 0.236. The Hall–Kier alpha value is -0.410. The Labute approximate surface area is 99.8 Å². The highest BCUT2D eigenvalue weighted by atomic mass is 79.9. The molecule has 3 heteroatoms. The molecule has 2 heterocycles. The summed E-state index contributed by atoms with van der Waals surface area (Å²) in [5.41, 5.74) is 1.16. The normalized spacial score (nSPS) is 27.1. The van der Waals surface area contributed by atoms with Gasteiger partial charge in [-0.05, 0) is 53.9 Å². The van der Waals surface area contributed by atoms with Crippen LogP contribution in [0.25, 0.3) is 0 Å². The van der Waals surface area contributed by atoms with E-state index in [0.29, 0.717) is 6.04 Å². The van der Waals surface area contributed by atoms with Crippen LogP contribution >= 0.6 is 15.9 Å². The zero-order chi connectivity index (χ0) is 10.8. The first-order chi connectivity index (χ1) is 7.16. The molecule has 1 saturated heterocycles. The first-order valence-electron chi connectivity index (χ1n) is 5.52. The zero-order valence-electron chi connectivity index (χ0n) is 9.28. The van der Waals surface area contributed by atoms with Gasteiger partial charge < -0.3 is 0 Å². The highest BCUT2D eigenvalue weighted by Gasteiger charge is 2.27. The molecule has 2 unspecified atom stereocenters. The fourth-order valence-electron chi connectivity index (χ4n) is 2.14. The topological polar surface area (TPSA) is 16.1 Å². The maximum absolute atomic E-state index is 4.47. The van der Waals surface area contributed by atoms with Gasteiger partial charge >= 0.3 is 0 Å². The number of halogens is 1. The SMILES string of the molecule is CC1CCN(Cc2cccc(Br)n2)C1C. The van der Waals surface area contributed by atoms with Gasteiger partial charge in [0.05, 0.1) is 5.69 Å². The second-order valence-electron chi connectivity index (χ2n) is 4.43. The van der Waals surface area contributed by atoms with Crippen LogP contribution in [0.2, 0.25) is 0 Å². The Kier molecular flexibility index (Phi) is 3.42. The van der Waals surface area contributed by atoms with Crippen molar-refractivity contribution in [3.8, 4) is 0 Å². The lowest BCUT2D eigenvalue weighted by Gasteiger charge is -2.22. The van der Waals surface area contributed by atoms with E-state index in [1.54, 1.807) is 0 Å². The Morgan fingerprint density at radius 1 is 1.47 bits per heavy atom. The highest BCUT2D eigenvalue weighted by Crippen LogP contribution is 2.24. The molecule has 0 N–H and O–H groups in total. The van der Waals surface area contributed by atoms with Gasteiger partial charge in [0.1, 0.15) is 4.60 Å². The number of pyridine rings is 1. The maximum Gasteiger partial charge on any atom is 0.106 e. The van der Waals surface area contributed by atoms with Crippen molar-refractivity contribution in [1.82, 2.24) is 9.88 Å². The van der Waals surface area contributed by atoms with Crippen LogP contribution in [-0.4, -0.2) is 22.5 Å². The van der Waals surface area contributed by atoms with Crippen LogP contribution in [-0.2, 0) is 6.54 Å². The number of likely N-dealkylation sites (tertiary alicyclic amines) is 1. The van der Waals surface area contributed by atoms with Gasteiger partial charge in [-0.25, -0.2) is 4.98 Å². The molecule has 2 nitrogen and oxygen atoms in total. The Balaban J connectivity index is 2.03. The third-order valence-electron chi connectivity index (χ3n) is 3.41. The third kappa shape index (κ3) is 2.58. The smallest absolute Gasteiger partial charge is 0.106 e. The van der Waals surface area contributed by atoms with E-state index in [1.165, 1.54) is 13.0 Å². The van der Waals surface area contributed by atoms with Gasteiger partial charge in [0.25, 0.3) is 0 Å². The molecule has 1 aromatic rings. The molecule has 0 radical (unpaired) electrons. The summed E-state index contributed by atoms with van der Waals surface area (Å²) in [7, 11) is 0. The number of hydrogen-bond donors (Lipinski definition) is 0. The van der Waals surface area contributed by atoms with Crippen LogP contribution in [0.1, 0.15) is 26.0 Å². The average molecular weight is 269 g/mol. The summed E-state index contributed by atoms with van der Waals surface area (Å²) < 4.78 is 0.930. The molecule has 2 rings (SSSR count). The first kappa shape index (κ1) is 11.1. The van der Waals surface area contributed by atoms with Crippen LogP contribution in [0, 0.1) is 5.92 Å². The zero-order valence-corrected chi connectivity index (χ0v) is 10.9. The molecule has 0 bridgehead atoms. The predicted molar refractivity (Wildman–Crippen MR) is 65.6 cm³/mol. The fraction of sp³-hybridized carbons (Fsp3) is 0.583. The molecule has 1 aliphatic heterocycles. The number of aromatic nitrogens is 1. The van der Waals surface area contributed by atoms with Crippen LogP contribution in [0.15, 0.2) is 22.8 Å². The number of nitrogens with zero attached hydrogens (tertiary/aromatic N) is 2. The molecular weight excluding hydrogens is 252 g/mol. The van der Waals surface area contributed by atoms with Crippen molar-refractivity contribution in [3.05, 3.63) is 28.5 Å². The van der Waals surface area contributed by atoms with Gasteiger partial charge in [-0.1, -0.05) is 13.0 Å². The van der Waals surface area contributed by atoms with E-state index in [4.69, 9.17) is 0 Å². The molecule has 1 aliphatic rings. The van der Waals surface area contributed by atoms with Gasteiger partial charge in [-0.2, -0.15) is 0 Å². The van der Waals surface area contributed by atoms with Crippen molar-refractivity contribution in [3.63, 3.8) is 0 Å². The fourth-order valence-corrected chi connectivity index (χ4v) is 2.52. The molecule has 0 aliphatic carbocycles. The van der Waals surface area contributed by atoms with Crippen molar-refractivity contribution in [2.24, 2.45) is 5.92 Å². The molecule has 15 heavy (non-hydrogen) atoms. The second-order valence-corrected chi connectivity index (χ2v) is 5.24. The Morgan fingerprint density at radius 3 is 2.87 bits per heavy atom. The second kappa shape index (κ2) is 4.62. The minimum absolute atomic E-state index is 0.686. The van der Waals surface area contributed by atoms with Gasteiger partial charge in [-0.3, -0.25) is 4.90 Å². The molecule has 0 amide bonds. The summed E-state index contributed by atoms with van der Waals surface area (Å²) in [5, 5.41) is 0. The van der Waals surface area contributed by atoms with E-state index in [9.17, 15) is 0 Å². The summed E-state index contributed by atoms with van der Waals surface area (Å²) in [4.78, 5) is 6.98. The van der Waals surface area contributed by atoms with Gasteiger partial charge in [0.2, 0.25) is 0 Å². The van der Waals surface area contributed by atoms with Crippen LogP contribution in [0.4, 0.5) is 0 Å². The summed E-state index contributed by atoms with van der Waals surface area (Å²) in [6, 6.07) is 6.81. The van der Waals surface area contributed by atoms with Gasteiger partial charge in [-0.15, -0.1) is 0 Å². The molecule has 0 aromatic carbocycles. The largest absolute Gasteiger partial charge is 0.295 e. The van der Waals surface area contributed by atoms with E-state index >= 15 is 0 Å². The van der Waals surface area contributed by atoms with Crippen LogP contribution < -0.4 is 0 Å². The number of rotatable bonds is 2. The lowest BCUT2D eigenvalue weighted by atomic mass is 10.1. The molecule has 0 spiro atoms. The van der Waals surface area contributed by atoms with E-state index in [-0.39, 0.29) is 0 Å². The summed E-state index contributed by atoms with van der Waals surface area (Å²) in [5.74, 6) is 0.817. The van der Waals surface area contributed by atoms with Crippen molar-refractivity contribution in [2.45, 2.75) is 32.9 Å². The standard InChI is InChI=1S/C12H17BrN2/c1-9-6-7-15(10(9)2)8-11-4-3-5-12(13)14-11/h3-5,9-10H,6-8H2,1-2H3. The van der Waals surface area contributed by atoms with Crippen molar-refractivity contribution >= 4 is 15.9 Å². The minimum Gasteiger partial charge on any atom is -0.295 e. The molecule has 1 fully saturated rings. The first-order valence-corrected chi connectivity index (χ1v) is 6.31. The van der Waals surface area contributed by atoms with E-state index in [0.717, 1.165) is 22.8 Å². The maximum atomic E-state index is 4.47. The predicted octanol–water partition coefficient (Wildman–Crippen LogP) is 3.07. The number of hydrogen-bond acceptors (Lipinski definition) is 2. The van der Waals surface area contributed by atoms with Crippen LogP contribution in [0.3, 0.4) is 0 Å². The van der Waals surface area contributed by atoms with Crippen molar-refractivity contribution in [2.75, 3.05) is 6.54 Å². The lowest BCUT2D eigenvalue weighted by Crippen LogP contribution is -2.29. The molecule has 2 atom stereocenters. The van der Waals surface area contributed by atoms with Crippen molar-refractivity contribution < 1.29 is 0 Å². The summed E-state index contributed by atoms with van der Waals surface area (Å²) >= 11 is 3.41. The van der Waals surface area contributed by atoms with Crippen LogP contribution in [0.5, 0.6) is 0 Å². The highest BCUT2D eigenvalue weighted by molar-refractivity contribution is 9.10. The average Bonchev–Trinajstić information content (AvgIpc) is 2.50. The van der Waals surface area contributed by atoms with Gasteiger partial charge in [0, 0.05) is 12.6 Å². The third-order valence-corrected chi connectivity index (χ3v) is 3.85. The molecular formula is C12H17BrN2. The van der Waals surface area contributed by atoms with Gasteiger partial charge in [0.15, 0.2) is 0 Å². The van der Waals surface area contributed by atoms with E-state index in [1.807, 2.05) is 6.07 Å². The van der Waals surface area contributed by atoms with E-state index < -0.39 is 0 Å². The molecule has 0 saturated carbocycles. The minimum atomic E-state index is 0.686. The Bertz CT molecular complexity index is 340.